The molecule has 29 heavy (non-hydrogen) atoms. The van der Waals surface area contributed by atoms with Gasteiger partial charge < -0.3 is 10.1 Å². The molecule has 2 N–H and O–H groups in total. The van der Waals surface area contributed by atoms with E-state index in [1.807, 2.05) is 0 Å². The number of sulfonamides is 1. The van der Waals surface area contributed by atoms with E-state index < -0.39 is 15.9 Å². The Balaban J connectivity index is 1.69. The number of carbonyl (C=O) groups is 1. The Labute approximate surface area is 168 Å². The lowest BCUT2D eigenvalue weighted by molar-refractivity contribution is 0.102. The zero-order chi connectivity index (χ0) is 20.9. The van der Waals surface area contributed by atoms with Gasteiger partial charge in [-0.15, -0.1) is 0 Å². The molecule has 3 rings (SSSR count). The first-order valence-electron chi connectivity index (χ1n) is 8.70. The summed E-state index contributed by atoms with van der Waals surface area (Å²) in [5.74, 6) is -0.238. The van der Waals surface area contributed by atoms with Crippen molar-refractivity contribution in [1.82, 2.24) is 4.72 Å². The van der Waals surface area contributed by atoms with Crippen molar-refractivity contribution < 1.29 is 22.3 Å². The quantitative estimate of drug-likeness (QED) is 0.619. The monoisotopic (exact) mass is 414 g/mol. The maximum absolute atomic E-state index is 13.0. The van der Waals surface area contributed by atoms with E-state index in [-0.39, 0.29) is 22.9 Å². The first-order chi connectivity index (χ1) is 13.9. The van der Waals surface area contributed by atoms with Gasteiger partial charge in [0.1, 0.15) is 18.2 Å². The molecule has 0 unspecified atom stereocenters. The second-order valence-electron chi connectivity index (χ2n) is 6.13. The number of ether oxygens (including phenoxy) is 1. The van der Waals surface area contributed by atoms with Gasteiger partial charge in [-0.2, -0.15) is 0 Å². The molecular formula is C21H19FN2O4S. The Morgan fingerprint density at radius 3 is 2.45 bits per heavy atom. The first kappa shape index (κ1) is 20.5. The molecule has 0 bridgehead atoms. The van der Waals surface area contributed by atoms with Crippen molar-refractivity contribution in [3.05, 3.63) is 89.7 Å². The number of hydrogen-bond donors (Lipinski definition) is 2. The maximum atomic E-state index is 13.0. The minimum Gasteiger partial charge on any atom is -0.489 e. The normalized spacial score (nSPS) is 11.1. The Morgan fingerprint density at radius 1 is 1.00 bits per heavy atom. The minimum absolute atomic E-state index is 0.00373. The summed E-state index contributed by atoms with van der Waals surface area (Å²) < 4.78 is 44.7. The highest BCUT2D eigenvalue weighted by Crippen LogP contribution is 2.20. The second-order valence-corrected chi connectivity index (χ2v) is 8.02. The van der Waals surface area contributed by atoms with Crippen LogP contribution in [0.15, 0.2) is 77.7 Å². The molecule has 0 saturated heterocycles. The molecule has 8 heteroatoms. The van der Waals surface area contributed by atoms with Gasteiger partial charge in [0.15, 0.2) is 0 Å². The molecule has 3 aromatic rings. The molecule has 0 aliphatic carbocycles. The van der Waals surface area contributed by atoms with Gasteiger partial charge in [0.05, 0.1) is 4.90 Å². The lowest BCUT2D eigenvalue weighted by atomic mass is 10.2. The summed E-state index contributed by atoms with van der Waals surface area (Å²) >= 11 is 0. The third-order valence-corrected chi connectivity index (χ3v) is 5.50. The number of benzene rings is 3. The van der Waals surface area contributed by atoms with Crippen LogP contribution in [-0.2, 0) is 16.6 Å². The first-order valence-corrected chi connectivity index (χ1v) is 10.2. The summed E-state index contributed by atoms with van der Waals surface area (Å²) in [6.07, 6.45) is 0. The molecule has 1 amide bonds. The van der Waals surface area contributed by atoms with Crippen LogP contribution in [0.5, 0.6) is 5.75 Å². The molecule has 0 heterocycles. The number of anilines is 1. The SMILES string of the molecule is CNS(=O)(=O)c1cccc(C(=O)Nc2cccc(OCc3ccc(F)cc3)c2)c1. The van der Waals surface area contributed by atoms with E-state index in [1.165, 1.54) is 43.4 Å². The van der Waals surface area contributed by atoms with E-state index in [9.17, 15) is 17.6 Å². The van der Waals surface area contributed by atoms with Crippen molar-refractivity contribution in [2.45, 2.75) is 11.5 Å². The predicted octanol–water partition coefficient (Wildman–Crippen LogP) is 3.57. The van der Waals surface area contributed by atoms with Crippen LogP contribution in [0.1, 0.15) is 15.9 Å². The van der Waals surface area contributed by atoms with Gasteiger partial charge in [0, 0.05) is 17.3 Å². The molecule has 0 aliphatic rings. The summed E-state index contributed by atoms with van der Waals surface area (Å²) in [5.41, 5.74) is 1.51. The van der Waals surface area contributed by atoms with Crippen LogP contribution in [0, 0.1) is 5.82 Å². The van der Waals surface area contributed by atoms with Crippen LogP contribution in [0.3, 0.4) is 0 Å². The third-order valence-electron chi connectivity index (χ3n) is 4.09. The molecule has 150 valence electrons. The molecule has 0 radical (unpaired) electrons. The van der Waals surface area contributed by atoms with Crippen molar-refractivity contribution in [1.29, 1.82) is 0 Å². The highest BCUT2D eigenvalue weighted by molar-refractivity contribution is 7.89. The summed E-state index contributed by atoms with van der Waals surface area (Å²) in [7, 11) is -2.34. The van der Waals surface area contributed by atoms with E-state index in [4.69, 9.17) is 4.74 Å². The Hall–Kier alpha value is -3.23. The molecule has 0 spiro atoms. The number of amides is 1. The lowest BCUT2D eigenvalue weighted by Gasteiger charge is -2.10. The summed E-state index contributed by atoms with van der Waals surface area (Å²) in [5, 5.41) is 2.72. The van der Waals surface area contributed by atoms with Gasteiger partial charge in [-0.1, -0.05) is 24.3 Å². The van der Waals surface area contributed by atoms with Crippen molar-refractivity contribution in [3.63, 3.8) is 0 Å². The van der Waals surface area contributed by atoms with E-state index in [1.54, 1.807) is 36.4 Å². The molecule has 0 atom stereocenters. The zero-order valence-corrected chi connectivity index (χ0v) is 16.4. The third kappa shape index (κ3) is 5.40. The number of carbonyl (C=O) groups excluding carboxylic acids is 1. The van der Waals surface area contributed by atoms with Crippen LogP contribution < -0.4 is 14.8 Å². The molecular weight excluding hydrogens is 395 g/mol. The van der Waals surface area contributed by atoms with Crippen LogP contribution in [0.4, 0.5) is 10.1 Å². The van der Waals surface area contributed by atoms with Crippen molar-refractivity contribution in [2.24, 2.45) is 0 Å². The Bertz CT molecular complexity index is 1120. The minimum atomic E-state index is -3.64. The number of hydrogen-bond acceptors (Lipinski definition) is 4. The molecule has 0 aliphatic heterocycles. The number of nitrogens with one attached hydrogen (secondary N) is 2. The predicted molar refractivity (Wildman–Crippen MR) is 108 cm³/mol. The highest BCUT2D eigenvalue weighted by Gasteiger charge is 2.14. The fourth-order valence-electron chi connectivity index (χ4n) is 2.54. The standard InChI is InChI=1S/C21H19FN2O4S/c1-23-29(26,27)20-7-2-4-16(12-20)21(25)24-18-5-3-6-19(13-18)28-14-15-8-10-17(22)11-9-15/h2-13,23H,14H2,1H3,(H,24,25). The molecule has 0 fully saturated rings. The van der Waals surface area contributed by atoms with Gasteiger partial charge >= 0.3 is 0 Å². The van der Waals surface area contributed by atoms with Gasteiger partial charge in [-0.25, -0.2) is 17.5 Å². The average Bonchev–Trinajstić information content (AvgIpc) is 2.73. The van der Waals surface area contributed by atoms with Gasteiger partial charge in [-0.3, -0.25) is 4.79 Å². The highest BCUT2D eigenvalue weighted by atomic mass is 32.2. The van der Waals surface area contributed by atoms with Gasteiger partial charge in [0.25, 0.3) is 5.91 Å². The molecule has 3 aromatic carbocycles. The van der Waals surface area contributed by atoms with Gasteiger partial charge in [0.2, 0.25) is 10.0 Å². The van der Waals surface area contributed by atoms with Crippen molar-refractivity contribution >= 4 is 21.6 Å². The van der Waals surface area contributed by atoms with Crippen LogP contribution in [0.25, 0.3) is 0 Å². The van der Waals surface area contributed by atoms with Crippen molar-refractivity contribution in [2.75, 3.05) is 12.4 Å². The largest absolute Gasteiger partial charge is 0.489 e. The van der Waals surface area contributed by atoms with Crippen LogP contribution in [0.2, 0.25) is 0 Å². The Kier molecular flexibility index (Phi) is 6.26. The summed E-state index contributed by atoms with van der Waals surface area (Å²) in [6.45, 7) is 0.252. The smallest absolute Gasteiger partial charge is 0.255 e. The maximum Gasteiger partial charge on any atom is 0.255 e. The second kappa shape index (κ2) is 8.85. The fourth-order valence-corrected chi connectivity index (χ4v) is 3.31. The zero-order valence-electron chi connectivity index (χ0n) is 15.6. The summed E-state index contributed by atoms with van der Waals surface area (Å²) in [4.78, 5) is 12.5. The van der Waals surface area contributed by atoms with E-state index >= 15 is 0 Å². The number of halogens is 1. The lowest BCUT2D eigenvalue weighted by Crippen LogP contribution is -2.19. The van der Waals surface area contributed by atoms with E-state index in [2.05, 4.69) is 10.0 Å². The fraction of sp³-hybridized carbons (Fsp3) is 0.0952. The van der Waals surface area contributed by atoms with Crippen LogP contribution in [-0.4, -0.2) is 21.4 Å². The number of rotatable bonds is 7. The van der Waals surface area contributed by atoms with E-state index in [0.29, 0.717) is 11.4 Å². The van der Waals surface area contributed by atoms with Gasteiger partial charge in [-0.05, 0) is 55.1 Å². The Morgan fingerprint density at radius 2 is 1.72 bits per heavy atom. The van der Waals surface area contributed by atoms with E-state index in [0.717, 1.165) is 5.56 Å². The molecule has 6 nitrogen and oxygen atoms in total. The van der Waals surface area contributed by atoms with Crippen molar-refractivity contribution in [3.8, 4) is 5.75 Å². The summed E-state index contributed by atoms with van der Waals surface area (Å²) in [6, 6.07) is 18.5. The van der Waals surface area contributed by atoms with Crippen LogP contribution >= 0.6 is 0 Å². The molecule has 0 saturated carbocycles. The topological polar surface area (TPSA) is 84.5 Å². The molecule has 0 aromatic heterocycles. The average molecular weight is 414 g/mol.